The summed E-state index contributed by atoms with van der Waals surface area (Å²) < 4.78 is 77.0. The highest BCUT2D eigenvalue weighted by atomic mass is 35.5. The molecule has 1 aromatic rings. The number of ether oxygens (including phenoxy) is 1. The molecule has 0 spiro atoms. The molecule has 0 fully saturated rings. The third kappa shape index (κ3) is 3.89. The third-order valence-corrected chi connectivity index (χ3v) is 2.21. The van der Waals surface area contributed by atoms with Gasteiger partial charge in [-0.2, -0.15) is 13.2 Å². The molecule has 1 rings (SSSR count). The van der Waals surface area contributed by atoms with Crippen LogP contribution in [0.2, 0.25) is 0 Å². The van der Waals surface area contributed by atoms with Crippen LogP contribution in [0.4, 0.5) is 26.3 Å². The van der Waals surface area contributed by atoms with Gasteiger partial charge in [-0.1, -0.05) is 0 Å². The summed E-state index contributed by atoms with van der Waals surface area (Å²) in [7, 11) is 0. The lowest BCUT2D eigenvalue weighted by molar-refractivity contribution is -0.276. The molecular weight excluding hydrogens is 320 g/mol. The third-order valence-electron chi connectivity index (χ3n) is 1.92. The molecule has 11 heteroatoms. The SMILES string of the molecule is O=C(O)c1cc(CCl)c(C(F)(F)F)nc1OC(F)(F)F. The number of rotatable bonds is 3. The molecule has 0 aliphatic rings. The van der Waals surface area contributed by atoms with Gasteiger partial charge in [0.25, 0.3) is 0 Å². The van der Waals surface area contributed by atoms with E-state index in [4.69, 9.17) is 16.7 Å². The van der Waals surface area contributed by atoms with E-state index in [1.54, 1.807) is 0 Å². The van der Waals surface area contributed by atoms with Gasteiger partial charge < -0.3 is 9.84 Å². The van der Waals surface area contributed by atoms with Crippen molar-refractivity contribution in [2.24, 2.45) is 0 Å². The molecule has 4 nitrogen and oxygen atoms in total. The van der Waals surface area contributed by atoms with Crippen molar-refractivity contribution >= 4 is 17.6 Å². The summed E-state index contributed by atoms with van der Waals surface area (Å²) in [6.45, 7) is 0. The zero-order valence-corrected chi connectivity index (χ0v) is 9.90. The lowest BCUT2D eigenvalue weighted by Crippen LogP contribution is -2.22. The Morgan fingerprint density at radius 3 is 2.20 bits per heavy atom. The number of pyridine rings is 1. The number of carboxylic acids is 1. The Bertz CT molecular complexity index is 528. The van der Waals surface area contributed by atoms with Crippen molar-refractivity contribution in [2.45, 2.75) is 18.4 Å². The first-order valence-electron chi connectivity index (χ1n) is 4.62. The summed E-state index contributed by atoms with van der Waals surface area (Å²) in [6.07, 6.45) is -10.5. The molecule has 0 saturated heterocycles. The fourth-order valence-electron chi connectivity index (χ4n) is 1.23. The minimum atomic E-state index is -5.39. The zero-order valence-electron chi connectivity index (χ0n) is 9.14. The highest BCUT2D eigenvalue weighted by Crippen LogP contribution is 2.35. The Morgan fingerprint density at radius 1 is 1.30 bits per heavy atom. The summed E-state index contributed by atoms with van der Waals surface area (Å²) in [5.41, 5.74) is -3.69. The topological polar surface area (TPSA) is 59.4 Å². The largest absolute Gasteiger partial charge is 0.574 e. The van der Waals surface area contributed by atoms with Crippen molar-refractivity contribution in [3.05, 3.63) is 22.9 Å². The summed E-state index contributed by atoms with van der Waals surface area (Å²) in [5, 5.41) is 8.66. The Labute approximate surface area is 111 Å². The minimum Gasteiger partial charge on any atom is -0.477 e. The van der Waals surface area contributed by atoms with Crippen molar-refractivity contribution in [1.29, 1.82) is 0 Å². The van der Waals surface area contributed by atoms with Crippen molar-refractivity contribution < 1.29 is 41.0 Å². The number of aromatic carboxylic acids is 1. The lowest BCUT2D eigenvalue weighted by Gasteiger charge is -2.15. The van der Waals surface area contributed by atoms with E-state index in [-0.39, 0.29) is 0 Å². The number of aromatic nitrogens is 1. The highest BCUT2D eigenvalue weighted by molar-refractivity contribution is 6.17. The Hall–Kier alpha value is -1.71. The molecule has 20 heavy (non-hydrogen) atoms. The smallest absolute Gasteiger partial charge is 0.477 e. The van der Waals surface area contributed by atoms with E-state index < -0.39 is 47.1 Å². The van der Waals surface area contributed by atoms with Crippen LogP contribution in [0.5, 0.6) is 5.88 Å². The zero-order chi connectivity index (χ0) is 15.7. The van der Waals surface area contributed by atoms with E-state index in [1.807, 2.05) is 0 Å². The summed E-state index contributed by atoms with van der Waals surface area (Å²) in [5.74, 6) is -4.42. The molecule has 0 saturated carbocycles. The number of halogens is 7. The van der Waals surface area contributed by atoms with Crippen LogP contribution in [0.1, 0.15) is 21.6 Å². The quantitative estimate of drug-likeness (QED) is 0.684. The van der Waals surface area contributed by atoms with Crippen molar-refractivity contribution in [3.63, 3.8) is 0 Å². The fourth-order valence-corrected chi connectivity index (χ4v) is 1.43. The first kappa shape index (κ1) is 16.3. The lowest BCUT2D eigenvalue weighted by atomic mass is 10.1. The average molecular weight is 324 g/mol. The highest BCUT2D eigenvalue weighted by Gasteiger charge is 2.40. The maximum absolute atomic E-state index is 12.6. The van der Waals surface area contributed by atoms with Gasteiger partial charge in [0.15, 0.2) is 5.69 Å². The molecule has 0 aliphatic heterocycles. The summed E-state index contributed by atoms with van der Waals surface area (Å²) in [4.78, 5) is 13.3. The number of carboxylic acid groups (broad SMARTS) is 1. The first-order valence-corrected chi connectivity index (χ1v) is 5.15. The van der Waals surface area contributed by atoms with Gasteiger partial charge in [-0.25, -0.2) is 9.78 Å². The molecule has 0 radical (unpaired) electrons. The second-order valence-corrected chi connectivity index (χ2v) is 3.60. The summed E-state index contributed by atoms with van der Waals surface area (Å²) >= 11 is 5.20. The van der Waals surface area contributed by atoms with Crippen LogP contribution >= 0.6 is 11.6 Å². The fraction of sp³-hybridized carbons (Fsp3) is 0.333. The number of carbonyl (C=O) groups is 1. The minimum absolute atomic E-state index is 0.340. The van der Waals surface area contributed by atoms with Crippen LogP contribution in [0, 0.1) is 0 Å². The predicted octanol–water partition coefficient (Wildman–Crippen LogP) is 3.44. The van der Waals surface area contributed by atoms with E-state index >= 15 is 0 Å². The molecule has 1 heterocycles. The average Bonchev–Trinajstić information content (AvgIpc) is 2.24. The Balaban J connectivity index is 3.51. The second-order valence-electron chi connectivity index (χ2n) is 3.33. The van der Waals surface area contributed by atoms with Gasteiger partial charge in [-0.3, -0.25) is 0 Å². The van der Waals surface area contributed by atoms with E-state index in [1.165, 1.54) is 0 Å². The molecule has 0 aliphatic carbocycles. The van der Waals surface area contributed by atoms with E-state index in [0.29, 0.717) is 6.07 Å². The van der Waals surface area contributed by atoms with Gasteiger partial charge >= 0.3 is 18.5 Å². The molecule has 0 bridgehead atoms. The molecular formula is C9H4ClF6NO3. The van der Waals surface area contributed by atoms with Crippen LogP contribution in [0.3, 0.4) is 0 Å². The molecule has 0 unspecified atom stereocenters. The number of hydrogen-bond acceptors (Lipinski definition) is 3. The Kier molecular flexibility index (Phi) is 4.37. The van der Waals surface area contributed by atoms with Gasteiger partial charge in [0, 0.05) is 5.88 Å². The van der Waals surface area contributed by atoms with Gasteiger partial charge in [0.05, 0.1) is 0 Å². The first-order chi connectivity index (χ1) is 8.95. The standard InChI is InChI=1S/C9H4ClF6NO3/c10-2-3-1-4(7(18)19)6(20-9(14,15)16)17-5(3)8(11,12)13/h1H,2H2,(H,18,19). The van der Waals surface area contributed by atoms with Crippen molar-refractivity contribution in [2.75, 3.05) is 0 Å². The maximum Gasteiger partial charge on any atom is 0.574 e. The van der Waals surface area contributed by atoms with Gasteiger partial charge in [0.2, 0.25) is 5.88 Å². The number of hydrogen-bond donors (Lipinski definition) is 1. The normalized spacial score (nSPS) is 12.3. The second kappa shape index (κ2) is 5.35. The number of alkyl halides is 7. The van der Waals surface area contributed by atoms with Gasteiger partial charge in [-0.05, 0) is 11.6 Å². The van der Waals surface area contributed by atoms with E-state index in [2.05, 4.69) is 9.72 Å². The molecule has 1 N–H and O–H groups in total. The molecule has 0 atom stereocenters. The van der Waals surface area contributed by atoms with Crippen molar-refractivity contribution in [3.8, 4) is 5.88 Å². The summed E-state index contributed by atoms with van der Waals surface area (Å²) in [6, 6.07) is 0.340. The maximum atomic E-state index is 12.6. The predicted molar refractivity (Wildman–Crippen MR) is 52.4 cm³/mol. The Morgan fingerprint density at radius 2 is 1.85 bits per heavy atom. The van der Waals surface area contributed by atoms with Crippen LogP contribution in [0.25, 0.3) is 0 Å². The van der Waals surface area contributed by atoms with Crippen LogP contribution in [-0.2, 0) is 12.1 Å². The van der Waals surface area contributed by atoms with Crippen LogP contribution in [-0.4, -0.2) is 22.4 Å². The van der Waals surface area contributed by atoms with E-state index in [9.17, 15) is 31.1 Å². The van der Waals surface area contributed by atoms with Crippen molar-refractivity contribution in [1.82, 2.24) is 4.98 Å². The number of nitrogens with zero attached hydrogens (tertiary/aromatic N) is 1. The van der Waals surface area contributed by atoms with Gasteiger partial charge in [-0.15, -0.1) is 24.8 Å². The molecule has 0 amide bonds. The van der Waals surface area contributed by atoms with Crippen LogP contribution < -0.4 is 4.74 Å². The molecule has 1 aromatic heterocycles. The van der Waals surface area contributed by atoms with Gasteiger partial charge in [0.1, 0.15) is 5.56 Å². The van der Waals surface area contributed by atoms with Crippen LogP contribution in [0.15, 0.2) is 6.07 Å². The molecule has 0 aromatic carbocycles. The van der Waals surface area contributed by atoms with E-state index in [0.717, 1.165) is 0 Å². The molecule has 112 valence electrons. The monoisotopic (exact) mass is 323 g/mol.